The number of halogens is 1. The summed E-state index contributed by atoms with van der Waals surface area (Å²) in [6.45, 7) is 1.10. The molecule has 1 heterocycles. The number of piperazine rings is 1. The lowest BCUT2D eigenvalue weighted by molar-refractivity contribution is -0.133. The molecule has 0 spiro atoms. The van der Waals surface area contributed by atoms with Crippen molar-refractivity contribution in [1.29, 1.82) is 0 Å². The molecule has 7 nitrogen and oxygen atoms in total. The van der Waals surface area contributed by atoms with Gasteiger partial charge in [-0.3, -0.25) is 4.79 Å². The Bertz CT molecular complexity index is 883. The minimum Gasteiger partial charge on any atom is -0.497 e. The summed E-state index contributed by atoms with van der Waals surface area (Å²) in [5, 5.41) is 0. The highest BCUT2D eigenvalue weighted by Crippen LogP contribution is 2.21. The van der Waals surface area contributed by atoms with E-state index >= 15 is 0 Å². The van der Waals surface area contributed by atoms with Crippen LogP contribution in [0.4, 0.5) is 0 Å². The highest BCUT2D eigenvalue weighted by Gasteiger charge is 2.31. The number of methoxy groups -OCH3 is 1. The van der Waals surface area contributed by atoms with E-state index in [0.29, 0.717) is 18.8 Å². The van der Waals surface area contributed by atoms with Crippen LogP contribution in [0.1, 0.15) is 11.6 Å². The van der Waals surface area contributed by atoms with Crippen molar-refractivity contribution in [2.24, 2.45) is 5.73 Å². The molecule has 1 saturated heterocycles. The molecule has 1 aliphatic rings. The molecule has 1 aliphatic heterocycles. The van der Waals surface area contributed by atoms with Crippen LogP contribution < -0.4 is 10.5 Å². The van der Waals surface area contributed by atoms with Crippen molar-refractivity contribution in [1.82, 2.24) is 9.21 Å². The lowest BCUT2D eigenvalue weighted by atomic mass is 10.1. The largest absolute Gasteiger partial charge is 0.497 e. The van der Waals surface area contributed by atoms with Gasteiger partial charge in [0.05, 0.1) is 12.0 Å². The van der Waals surface area contributed by atoms with Gasteiger partial charge in [0.2, 0.25) is 15.9 Å². The van der Waals surface area contributed by atoms with Crippen molar-refractivity contribution in [3.63, 3.8) is 0 Å². The van der Waals surface area contributed by atoms with Crippen LogP contribution in [0.25, 0.3) is 0 Å². The van der Waals surface area contributed by atoms with Crippen molar-refractivity contribution < 1.29 is 17.9 Å². The summed E-state index contributed by atoms with van der Waals surface area (Å²) in [7, 11) is -2.07. The smallest absolute Gasteiger partial charge is 0.244 e. The minimum absolute atomic E-state index is 0. The molecule has 152 valence electrons. The molecule has 1 atom stereocenters. The first kappa shape index (κ1) is 22.2. The van der Waals surface area contributed by atoms with E-state index in [4.69, 9.17) is 10.5 Å². The van der Waals surface area contributed by atoms with Crippen molar-refractivity contribution >= 4 is 28.3 Å². The van der Waals surface area contributed by atoms with Crippen molar-refractivity contribution in [2.45, 2.75) is 10.9 Å². The number of rotatable bonds is 5. The first-order valence-electron chi connectivity index (χ1n) is 8.67. The van der Waals surface area contributed by atoms with E-state index in [-0.39, 0.29) is 36.3 Å². The second kappa shape index (κ2) is 9.38. The fourth-order valence-electron chi connectivity index (χ4n) is 3.05. The number of carbonyl (C=O) groups is 1. The van der Waals surface area contributed by atoms with E-state index in [1.807, 2.05) is 30.3 Å². The lowest BCUT2D eigenvalue weighted by Crippen LogP contribution is -2.52. The van der Waals surface area contributed by atoms with Gasteiger partial charge in [-0.05, 0) is 29.8 Å². The Kier molecular flexibility index (Phi) is 7.42. The SMILES string of the molecule is COc1ccc(S(=O)(=O)N2CCN(C(=O)C(N)c3ccccc3)CC2)cc1.Cl. The Labute approximate surface area is 171 Å². The average Bonchev–Trinajstić information content (AvgIpc) is 2.73. The molecule has 0 saturated carbocycles. The second-order valence-corrected chi connectivity index (χ2v) is 8.23. The van der Waals surface area contributed by atoms with E-state index < -0.39 is 16.1 Å². The zero-order valence-corrected chi connectivity index (χ0v) is 17.2. The topological polar surface area (TPSA) is 92.9 Å². The van der Waals surface area contributed by atoms with Gasteiger partial charge in [0.25, 0.3) is 0 Å². The fourth-order valence-corrected chi connectivity index (χ4v) is 4.47. The van der Waals surface area contributed by atoms with Gasteiger partial charge < -0.3 is 15.4 Å². The maximum Gasteiger partial charge on any atom is 0.244 e. The fraction of sp³-hybridized carbons (Fsp3) is 0.316. The van der Waals surface area contributed by atoms with Crippen LogP contribution in [0, 0.1) is 0 Å². The highest BCUT2D eigenvalue weighted by molar-refractivity contribution is 7.89. The van der Waals surface area contributed by atoms with Gasteiger partial charge in [-0.2, -0.15) is 4.31 Å². The Morgan fingerprint density at radius 2 is 1.57 bits per heavy atom. The number of carbonyl (C=O) groups excluding carboxylic acids is 1. The quantitative estimate of drug-likeness (QED) is 0.786. The summed E-state index contributed by atoms with van der Waals surface area (Å²) in [5.41, 5.74) is 6.82. The van der Waals surface area contributed by atoms with E-state index in [9.17, 15) is 13.2 Å². The van der Waals surface area contributed by atoms with Gasteiger partial charge in [0.15, 0.2) is 0 Å². The van der Waals surface area contributed by atoms with Gasteiger partial charge >= 0.3 is 0 Å². The summed E-state index contributed by atoms with van der Waals surface area (Å²) in [6.07, 6.45) is 0. The Morgan fingerprint density at radius 1 is 1.00 bits per heavy atom. The monoisotopic (exact) mass is 425 g/mol. The number of amides is 1. The Hall–Kier alpha value is -2.13. The summed E-state index contributed by atoms with van der Waals surface area (Å²) in [5.74, 6) is 0.405. The van der Waals surface area contributed by atoms with E-state index in [2.05, 4.69) is 0 Å². The zero-order chi connectivity index (χ0) is 19.4. The van der Waals surface area contributed by atoms with Crippen LogP contribution in [-0.2, 0) is 14.8 Å². The van der Waals surface area contributed by atoms with Gasteiger partial charge in [-0.15, -0.1) is 12.4 Å². The van der Waals surface area contributed by atoms with Gasteiger partial charge in [0, 0.05) is 26.2 Å². The maximum atomic E-state index is 12.8. The number of nitrogens with zero attached hydrogens (tertiary/aromatic N) is 2. The molecule has 2 aromatic carbocycles. The Morgan fingerprint density at radius 3 is 2.11 bits per heavy atom. The molecule has 1 fully saturated rings. The molecule has 28 heavy (non-hydrogen) atoms. The third kappa shape index (κ3) is 4.64. The zero-order valence-electron chi connectivity index (χ0n) is 15.5. The molecule has 9 heteroatoms. The predicted molar refractivity (Wildman–Crippen MR) is 109 cm³/mol. The first-order chi connectivity index (χ1) is 12.9. The van der Waals surface area contributed by atoms with Gasteiger partial charge in [0.1, 0.15) is 11.8 Å². The molecule has 2 aromatic rings. The molecular formula is C19H24ClN3O4S. The lowest BCUT2D eigenvalue weighted by Gasteiger charge is -2.35. The van der Waals surface area contributed by atoms with Crippen LogP contribution in [0.2, 0.25) is 0 Å². The third-order valence-electron chi connectivity index (χ3n) is 4.67. The molecule has 0 radical (unpaired) electrons. The van der Waals surface area contributed by atoms with Gasteiger partial charge in [-0.1, -0.05) is 30.3 Å². The van der Waals surface area contributed by atoms with Crippen LogP contribution in [-0.4, -0.2) is 56.8 Å². The number of sulfonamides is 1. The van der Waals surface area contributed by atoms with Crippen molar-refractivity contribution in [2.75, 3.05) is 33.3 Å². The second-order valence-electron chi connectivity index (χ2n) is 6.29. The molecule has 3 rings (SSSR count). The molecular weight excluding hydrogens is 402 g/mol. The molecule has 2 N–H and O–H groups in total. The molecule has 1 amide bonds. The van der Waals surface area contributed by atoms with Crippen molar-refractivity contribution in [3.8, 4) is 5.75 Å². The number of nitrogens with two attached hydrogens (primary N) is 1. The van der Waals surface area contributed by atoms with Crippen LogP contribution in [0.3, 0.4) is 0 Å². The summed E-state index contributed by atoms with van der Waals surface area (Å²) < 4.78 is 32.0. The van der Waals surface area contributed by atoms with E-state index in [1.54, 1.807) is 17.0 Å². The van der Waals surface area contributed by atoms with Crippen LogP contribution in [0.15, 0.2) is 59.5 Å². The number of hydrogen-bond acceptors (Lipinski definition) is 5. The molecule has 0 aliphatic carbocycles. The van der Waals surface area contributed by atoms with E-state index in [1.165, 1.54) is 23.5 Å². The normalized spacial score (nSPS) is 16.1. The third-order valence-corrected chi connectivity index (χ3v) is 6.59. The number of ether oxygens (including phenoxy) is 1. The minimum atomic E-state index is -3.60. The van der Waals surface area contributed by atoms with Crippen molar-refractivity contribution in [3.05, 3.63) is 60.2 Å². The van der Waals surface area contributed by atoms with Crippen LogP contribution >= 0.6 is 12.4 Å². The summed E-state index contributed by atoms with van der Waals surface area (Å²) in [6, 6.07) is 14.7. The highest BCUT2D eigenvalue weighted by atomic mass is 35.5. The first-order valence-corrected chi connectivity index (χ1v) is 10.1. The predicted octanol–water partition coefficient (Wildman–Crippen LogP) is 1.65. The van der Waals surface area contributed by atoms with Crippen LogP contribution in [0.5, 0.6) is 5.75 Å². The van der Waals surface area contributed by atoms with Gasteiger partial charge in [-0.25, -0.2) is 8.42 Å². The molecule has 1 unspecified atom stereocenters. The average molecular weight is 426 g/mol. The number of hydrogen-bond donors (Lipinski definition) is 1. The maximum absolute atomic E-state index is 12.8. The Balaban J connectivity index is 0.00000280. The standard InChI is InChI=1S/C19H23N3O4S.ClH/c1-26-16-7-9-17(10-8-16)27(24,25)22-13-11-21(12-14-22)19(23)18(20)15-5-3-2-4-6-15;/h2-10,18H,11-14,20H2,1H3;1H. The molecule has 0 bridgehead atoms. The summed E-state index contributed by atoms with van der Waals surface area (Å²) in [4.78, 5) is 14.4. The molecule has 0 aromatic heterocycles. The van der Waals surface area contributed by atoms with E-state index in [0.717, 1.165) is 5.56 Å². The summed E-state index contributed by atoms with van der Waals surface area (Å²) >= 11 is 0. The number of benzene rings is 2.